The molecule has 1 rings (SSSR count). The van der Waals surface area contributed by atoms with Crippen molar-refractivity contribution < 1.29 is 5.11 Å². The lowest BCUT2D eigenvalue weighted by atomic mass is 9.85. The van der Waals surface area contributed by atoms with Crippen LogP contribution in [0.2, 0.25) is 0 Å². The molecule has 2 atom stereocenters. The largest absolute Gasteiger partial charge is 0.390 e. The van der Waals surface area contributed by atoms with Crippen molar-refractivity contribution >= 4 is 11.8 Å². The molecule has 2 heteroatoms. The van der Waals surface area contributed by atoms with Crippen LogP contribution in [0.15, 0.2) is 0 Å². The number of thioether (sulfide) groups is 1. The molecule has 0 saturated carbocycles. The van der Waals surface area contributed by atoms with E-state index in [0.717, 1.165) is 24.3 Å². The van der Waals surface area contributed by atoms with E-state index in [-0.39, 0.29) is 5.60 Å². The first-order valence-electron chi connectivity index (χ1n) is 3.99. The van der Waals surface area contributed by atoms with E-state index < -0.39 is 0 Å². The van der Waals surface area contributed by atoms with Crippen molar-refractivity contribution in [3.63, 3.8) is 0 Å². The highest BCUT2D eigenvalue weighted by Gasteiger charge is 2.34. The summed E-state index contributed by atoms with van der Waals surface area (Å²) < 4.78 is 0. The van der Waals surface area contributed by atoms with Crippen LogP contribution in [0.3, 0.4) is 0 Å². The van der Waals surface area contributed by atoms with Gasteiger partial charge < -0.3 is 5.11 Å². The Bertz CT molecular complexity index is 116. The molecular formula is C8H16OS. The molecular weight excluding hydrogens is 144 g/mol. The molecule has 1 aliphatic rings. The molecule has 1 N–H and O–H groups in total. The van der Waals surface area contributed by atoms with Gasteiger partial charge in [0.25, 0.3) is 0 Å². The van der Waals surface area contributed by atoms with Gasteiger partial charge in [-0.2, -0.15) is 11.8 Å². The first-order valence-corrected chi connectivity index (χ1v) is 5.14. The maximum absolute atomic E-state index is 9.94. The third-order valence-electron chi connectivity index (χ3n) is 2.58. The molecule has 60 valence electrons. The van der Waals surface area contributed by atoms with Gasteiger partial charge in [0, 0.05) is 0 Å². The minimum atomic E-state index is -0.342. The highest BCUT2D eigenvalue weighted by atomic mass is 32.2. The first kappa shape index (κ1) is 8.41. The summed E-state index contributed by atoms with van der Waals surface area (Å²) in [7, 11) is 0. The zero-order chi connectivity index (χ0) is 7.61. The molecule has 0 bridgehead atoms. The van der Waals surface area contributed by atoms with E-state index in [1.807, 2.05) is 11.8 Å². The van der Waals surface area contributed by atoms with Gasteiger partial charge in [0.05, 0.1) is 5.60 Å². The Kier molecular flexibility index (Phi) is 2.64. The van der Waals surface area contributed by atoms with Crippen molar-refractivity contribution in [3.8, 4) is 0 Å². The van der Waals surface area contributed by atoms with Crippen molar-refractivity contribution in [2.45, 2.75) is 32.3 Å². The summed E-state index contributed by atoms with van der Waals surface area (Å²) in [5.74, 6) is 2.75. The maximum atomic E-state index is 9.94. The number of rotatable bonds is 1. The summed E-state index contributed by atoms with van der Waals surface area (Å²) in [4.78, 5) is 0. The van der Waals surface area contributed by atoms with Gasteiger partial charge >= 0.3 is 0 Å². The fraction of sp³-hybridized carbons (Fsp3) is 1.00. The monoisotopic (exact) mass is 160 g/mol. The van der Waals surface area contributed by atoms with Crippen molar-refractivity contribution in [2.24, 2.45) is 5.92 Å². The third-order valence-corrected chi connectivity index (χ3v) is 3.81. The van der Waals surface area contributed by atoms with Crippen LogP contribution in [0.1, 0.15) is 26.7 Å². The van der Waals surface area contributed by atoms with E-state index in [0.29, 0.717) is 5.92 Å². The zero-order valence-corrected chi connectivity index (χ0v) is 7.58. The Morgan fingerprint density at radius 3 is 2.80 bits per heavy atom. The van der Waals surface area contributed by atoms with Crippen LogP contribution in [0, 0.1) is 5.92 Å². The van der Waals surface area contributed by atoms with Gasteiger partial charge in [0.15, 0.2) is 0 Å². The molecule has 10 heavy (non-hydrogen) atoms. The molecule has 0 aromatic carbocycles. The minimum Gasteiger partial charge on any atom is -0.390 e. The molecule has 0 aromatic rings. The SMILES string of the molecule is CC[C@@]1(O)CCSC[C@H]1C. The highest BCUT2D eigenvalue weighted by molar-refractivity contribution is 7.99. The van der Waals surface area contributed by atoms with Crippen LogP contribution >= 0.6 is 11.8 Å². The smallest absolute Gasteiger partial charge is 0.0686 e. The lowest BCUT2D eigenvalue weighted by Gasteiger charge is -2.36. The van der Waals surface area contributed by atoms with Crippen LogP contribution in [0.4, 0.5) is 0 Å². The quantitative estimate of drug-likeness (QED) is 0.632. The predicted molar refractivity (Wildman–Crippen MR) is 46.3 cm³/mol. The average Bonchev–Trinajstić information content (AvgIpc) is 1.96. The molecule has 1 saturated heterocycles. The van der Waals surface area contributed by atoms with Gasteiger partial charge in [0.1, 0.15) is 0 Å². The lowest BCUT2D eigenvalue weighted by Crippen LogP contribution is -2.40. The molecule has 1 fully saturated rings. The van der Waals surface area contributed by atoms with Crippen LogP contribution in [0.25, 0.3) is 0 Å². The van der Waals surface area contributed by atoms with Crippen LogP contribution in [-0.4, -0.2) is 22.2 Å². The summed E-state index contributed by atoms with van der Waals surface area (Å²) >= 11 is 1.96. The topological polar surface area (TPSA) is 20.2 Å². The summed E-state index contributed by atoms with van der Waals surface area (Å²) in [6.07, 6.45) is 1.89. The molecule has 1 nitrogen and oxygen atoms in total. The Morgan fingerprint density at radius 1 is 1.70 bits per heavy atom. The number of hydrogen-bond donors (Lipinski definition) is 1. The van der Waals surface area contributed by atoms with Crippen LogP contribution < -0.4 is 0 Å². The second-order valence-electron chi connectivity index (χ2n) is 3.18. The van der Waals surface area contributed by atoms with Crippen molar-refractivity contribution in [3.05, 3.63) is 0 Å². The summed E-state index contributed by atoms with van der Waals surface area (Å²) in [5, 5.41) is 9.94. The Balaban J connectivity index is 2.54. The molecule has 0 amide bonds. The van der Waals surface area contributed by atoms with Gasteiger partial charge in [-0.15, -0.1) is 0 Å². The van der Waals surface area contributed by atoms with E-state index in [2.05, 4.69) is 13.8 Å². The summed E-state index contributed by atoms with van der Waals surface area (Å²) in [6.45, 7) is 4.22. The molecule has 0 unspecified atom stereocenters. The lowest BCUT2D eigenvalue weighted by molar-refractivity contribution is -0.0123. The molecule has 0 radical (unpaired) electrons. The molecule has 0 spiro atoms. The van der Waals surface area contributed by atoms with Crippen molar-refractivity contribution in [1.82, 2.24) is 0 Å². The molecule has 1 heterocycles. The van der Waals surface area contributed by atoms with Gasteiger partial charge in [-0.3, -0.25) is 0 Å². The Hall–Kier alpha value is 0.310. The standard InChI is InChI=1S/C8H16OS/c1-3-8(9)4-5-10-6-7(8)2/h7,9H,3-6H2,1-2H3/t7-,8-/m1/s1. The van der Waals surface area contributed by atoms with Gasteiger partial charge in [0.2, 0.25) is 0 Å². The first-order chi connectivity index (χ1) is 4.69. The van der Waals surface area contributed by atoms with Crippen LogP contribution in [-0.2, 0) is 0 Å². The molecule has 1 aliphatic heterocycles. The van der Waals surface area contributed by atoms with Crippen molar-refractivity contribution in [2.75, 3.05) is 11.5 Å². The minimum absolute atomic E-state index is 0.342. The fourth-order valence-electron chi connectivity index (χ4n) is 1.44. The van der Waals surface area contributed by atoms with E-state index in [1.54, 1.807) is 0 Å². The van der Waals surface area contributed by atoms with Crippen molar-refractivity contribution in [1.29, 1.82) is 0 Å². The van der Waals surface area contributed by atoms with E-state index in [9.17, 15) is 5.11 Å². The molecule has 0 aromatic heterocycles. The van der Waals surface area contributed by atoms with Gasteiger partial charge in [-0.1, -0.05) is 13.8 Å². The van der Waals surface area contributed by atoms with E-state index in [4.69, 9.17) is 0 Å². The maximum Gasteiger partial charge on any atom is 0.0686 e. The predicted octanol–water partition coefficient (Wildman–Crippen LogP) is 1.90. The van der Waals surface area contributed by atoms with Gasteiger partial charge in [-0.25, -0.2) is 0 Å². The van der Waals surface area contributed by atoms with Gasteiger partial charge in [-0.05, 0) is 30.3 Å². The Morgan fingerprint density at radius 2 is 2.40 bits per heavy atom. The van der Waals surface area contributed by atoms with E-state index in [1.165, 1.54) is 0 Å². The number of aliphatic hydroxyl groups is 1. The fourth-order valence-corrected chi connectivity index (χ4v) is 2.76. The highest BCUT2D eigenvalue weighted by Crippen LogP contribution is 2.34. The normalized spacial score (nSPS) is 41.7. The number of hydrogen-bond acceptors (Lipinski definition) is 2. The second kappa shape index (κ2) is 3.14. The molecule has 0 aliphatic carbocycles. The van der Waals surface area contributed by atoms with E-state index >= 15 is 0 Å². The second-order valence-corrected chi connectivity index (χ2v) is 4.33. The average molecular weight is 160 g/mol. The zero-order valence-electron chi connectivity index (χ0n) is 6.76. The van der Waals surface area contributed by atoms with Crippen LogP contribution in [0.5, 0.6) is 0 Å². The Labute approximate surface area is 67.2 Å². The summed E-state index contributed by atoms with van der Waals surface area (Å²) in [6, 6.07) is 0. The summed E-state index contributed by atoms with van der Waals surface area (Å²) in [5.41, 5.74) is -0.342. The third kappa shape index (κ3) is 1.48.